The molecule has 5 heterocycles. The lowest BCUT2D eigenvalue weighted by atomic mass is 9.74. The van der Waals surface area contributed by atoms with Crippen molar-refractivity contribution in [2.75, 3.05) is 59.2 Å². The summed E-state index contributed by atoms with van der Waals surface area (Å²) in [5, 5.41) is 13.4. The van der Waals surface area contributed by atoms with Gasteiger partial charge in [0.25, 0.3) is 0 Å². The molecule has 5 aliphatic rings. The predicted octanol–water partition coefficient (Wildman–Crippen LogP) is 0.819. The number of amides is 3. The number of aliphatic hydroxyl groups excluding tert-OH is 1. The number of nitrogens with one attached hydrogen (secondary N) is 1. The second kappa shape index (κ2) is 14.0. The molecular formula is C34H44N4O8. The van der Waals surface area contributed by atoms with Gasteiger partial charge in [0.15, 0.2) is 0 Å². The average Bonchev–Trinajstić information content (AvgIpc) is 3.72. The molecule has 1 spiro atoms. The number of ether oxygens (including phenoxy) is 3. The van der Waals surface area contributed by atoms with Gasteiger partial charge in [0, 0.05) is 39.1 Å². The highest BCUT2D eigenvalue weighted by Gasteiger charge is 2.73. The van der Waals surface area contributed by atoms with Crippen LogP contribution in [0.25, 0.3) is 0 Å². The van der Waals surface area contributed by atoms with Gasteiger partial charge in [-0.25, -0.2) is 0 Å². The first kappa shape index (κ1) is 32.4. The van der Waals surface area contributed by atoms with Gasteiger partial charge in [0.1, 0.15) is 18.2 Å². The van der Waals surface area contributed by atoms with Crippen LogP contribution in [0.4, 0.5) is 0 Å². The zero-order valence-corrected chi connectivity index (χ0v) is 26.3. The fraction of sp³-hybridized carbons (Fsp3) is 0.588. The highest BCUT2D eigenvalue weighted by atomic mass is 16.5. The van der Waals surface area contributed by atoms with Crippen LogP contribution in [0, 0.1) is 11.8 Å². The van der Waals surface area contributed by atoms with Crippen molar-refractivity contribution in [3.05, 3.63) is 60.2 Å². The Morgan fingerprint density at radius 3 is 2.57 bits per heavy atom. The Morgan fingerprint density at radius 1 is 1.04 bits per heavy atom. The third kappa shape index (κ3) is 6.11. The van der Waals surface area contributed by atoms with E-state index in [1.807, 2.05) is 49.4 Å². The maximum Gasteiger partial charge on any atom is 0.306 e. The predicted molar refractivity (Wildman–Crippen MR) is 166 cm³/mol. The van der Waals surface area contributed by atoms with E-state index in [9.17, 15) is 24.3 Å². The molecule has 6 rings (SSSR count). The van der Waals surface area contributed by atoms with E-state index in [0.717, 1.165) is 18.7 Å². The molecule has 5 bridgehead atoms. The van der Waals surface area contributed by atoms with Crippen LogP contribution in [-0.2, 0) is 33.4 Å². The Balaban J connectivity index is 1.37. The minimum absolute atomic E-state index is 0.0683. The minimum Gasteiger partial charge on any atom is -0.463 e. The maximum absolute atomic E-state index is 14.7. The van der Waals surface area contributed by atoms with Crippen molar-refractivity contribution in [2.24, 2.45) is 11.8 Å². The van der Waals surface area contributed by atoms with E-state index in [2.05, 4.69) is 10.2 Å². The molecule has 0 radical (unpaired) electrons. The van der Waals surface area contributed by atoms with Crippen molar-refractivity contribution in [3.8, 4) is 0 Å². The van der Waals surface area contributed by atoms with Crippen molar-refractivity contribution in [2.45, 2.75) is 56.0 Å². The monoisotopic (exact) mass is 636 g/mol. The summed E-state index contributed by atoms with van der Waals surface area (Å²) in [5.41, 5.74) is -0.599. The molecule has 2 N–H and O–H groups in total. The maximum atomic E-state index is 14.7. The number of hydrogen-bond acceptors (Lipinski definition) is 9. The molecule has 3 saturated heterocycles. The van der Waals surface area contributed by atoms with Gasteiger partial charge in [0.2, 0.25) is 17.7 Å². The first-order valence-electron chi connectivity index (χ1n) is 16.4. The van der Waals surface area contributed by atoms with Crippen LogP contribution >= 0.6 is 0 Å². The standard InChI is InChI=1S/C34H44N4O8/c1-2-24(21-39)38-30-33(43)37(16-15-36-17-19-44-20-18-36)14-8-4-7-11-27(40)45-22-25(23-9-5-3-6-10-23)35-31(41)28-26-12-13-34(30,46-26)29(28)32(38)42/h3-6,8-10,12-13,24-26,28-30,39H,2,7,11,14-22H2,1H3,(H,35,41)/b8-4-/t24-,25-,26-,28+,29+,30-,34+/m0/s1. The Kier molecular flexibility index (Phi) is 9.88. The fourth-order valence-electron chi connectivity index (χ4n) is 7.49. The SMILES string of the molecule is CC[C@@H](CO)N1C(=O)[C@H]2[C@@H]3C(=O)N[C@H](c4ccccc4)COC(=O)CC/C=C\CN(CCN4CCOCC4)C(=O)[C@H]1[C@@]21C=C[C@@H]3O1. The van der Waals surface area contributed by atoms with E-state index < -0.39 is 53.5 Å². The molecule has 12 nitrogen and oxygen atoms in total. The molecule has 46 heavy (non-hydrogen) atoms. The van der Waals surface area contributed by atoms with Gasteiger partial charge < -0.3 is 34.4 Å². The molecule has 0 saturated carbocycles. The molecule has 1 aromatic rings. The Hall–Kier alpha value is -3.58. The largest absolute Gasteiger partial charge is 0.463 e. The number of hydrogen-bond donors (Lipinski definition) is 2. The molecule has 0 aliphatic carbocycles. The zero-order chi connectivity index (χ0) is 32.3. The Labute approximate surface area is 269 Å². The van der Waals surface area contributed by atoms with Crippen LogP contribution in [0.5, 0.6) is 0 Å². The molecule has 0 aromatic heterocycles. The van der Waals surface area contributed by atoms with Crippen molar-refractivity contribution in [3.63, 3.8) is 0 Å². The van der Waals surface area contributed by atoms with Gasteiger partial charge in [0.05, 0.1) is 49.8 Å². The van der Waals surface area contributed by atoms with Gasteiger partial charge in [-0.3, -0.25) is 24.1 Å². The number of esters is 1. The van der Waals surface area contributed by atoms with E-state index in [-0.39, 0.29) is 38.0 Å². The van der Waals surface area contributed by atoms with Gasteiger partial charge in [-0.1, -0.05) is 61.6 Å². The number of likely N-dealkylation sites (tertiary alicyclic amines) is 1. The Morgan fingerprint density at radius 2 is 1.83 bits per heavy atom. The number of rotatable bonds is 7. The third-order valence-electron chi connectivity index (χ3n) is 9.96. The lowest BCUT2D eigenvalue weighted by Gasteiger charge is -2.39. The van der Waals surface area contributed by atoms with E-state index in [0.29, 0.717) is 39.1 Å². The van der Waals surface area contributed by atoms with Gasteiger partial charge >= 0.3 is 5.97 Å². The number of cyclic esters (lactones) is 1. The summed E-state index contributed by atoms with van der Waals surface area (Å²) >= 11 is 0. The van der Waals surface area contributed by atoms with Crippen molar-refractivity contribution in [1.82, 2.24) is 20.0 Å². The minimum atomic E-state index is -1.35. The summed E-state index contributed by atoms with van der Waals surface area (Å²) in [7, 11) is 0. The van der Waals surface area contributed by atoms with Crippen molar-refractivity contribution >= 4 is 23.7 Å². The van der Waals surface area contributed by atoms with E-state index >= 15 is 0 Å². The highest BCUT2D eigenvalue weighted by molar-refractivity contribution is 6.00. The summed E-state index contributed by atoms with van der Waals surface area (Å²) < 4.78 is 17.6. The van der Waals surface area contributed by atoms with Crippen LogP contribution in [0.2, 0.25) is 0 Å². The average molecular weight is 637 g/mol. The molecule has 7 atom stereocenters. The van der Waals surface area contributed by atoms with Gasteiger partial charge in [-0.2, -0.15) is 0 Å². The summed E-state index contributed by atoms with van der Waals surface area (Å²) in [6, 6.07) is 6.91. The summed E-state index contributed by atoms with van der Waals surface area (Å²) in [4.78, 5) is 61.4. The molecule has 1 aromatic carbocycles. The summed E-state index contributed by atoms with van der Waals surface area (Å²) in [6.07, 6.45) is 7.59. The molecule has 3 fully saturated rings. The van der Waals surface area contributed by atoms with Crippen LogP contribution < -0.4 is 5.32 Å². The number of nitrogens with zero attached hydrogens (tertiary/aromatic N) is 3. The van der Waals surface area contributed by atoms with E-state index in [4.69, 9.17) is 14.2 Å². The number of carbonyl (C=O) groups is 4. The molecular weight excluding hydrogens is 592 g/mol. The Bertz CT molecular complexity index is 1340. The zero-order valence-electron chi connectivity index (χ0n) is 26.3. The third-order valence-corrected chi connectivity index (χ3v) is 9.96. The lowest BCUT2D eigenvalue weighted by Crippen LogP contribution is -2.59. The number of morpholine rings is 1. The number of allylic oxidation sites excluding steroid dienone is 1. The van der Waals surface area contributed by atoms with Crippen LogP contribution in [0.1, 0.15) is 37.8 Å². The fourth-order valence-corrected chi connectivity index (χ4v) is 7.49. The van der Waals surface area contributed by atoms with Crippen molar-refractivity contribution in [1.29, 1.82) is 0 Å². The molecule has 0 unspecified atom stereocenters. The molecule has 5 aliphatic heterocycles. The van der Waals surface area contributed by atoms with Crippen molar-refractivity contribution < 1.29 is 38.5 Å². The van der Waals surface area contributed by atoms with Crippen LogP contribution in [-0.4, -0.2) is 126 Å². The summed E-state index contributed by atoms with van der Waals surface area (Å²) in [5.74, 6) is -3.35. The molecule has 12 heteroatoms. The first-order chi connectivity index (χ1) is 22.4. The summed E-state index contributed by atoms with van der Waals surface area (Å²) in [6.45, 7) is 5.53. The topological polar surface area (TPSA) is 138 Å². The number of benzene rings is 1. The molecule has 248 valence electrons. The van der Waals surface area contributed by atoms with Gasteiger partial charge in [-0.05, 0) is 18.4 Å². The number of carbonyl (C=O) groups excluding carboxylic acids is 4. The second-order valence-corrected chi connectivity index (χ2v) is 12.6. The van der Waals surface area contributed by atoms with Crippen LogP contribution in [0.15, 0.2) is 54.6 Å². The van der Waals surface area contributed by atoms with E-state index in [1.54, 1.807) is 17.1 Å². The quantitative estimate of drug-likeness (QED) is 0.329. The normalized spacial score (nSPS) is 33.6. The van der Waals surface area contributed by atoms with Crippen LogP contribution in [0.3, 0.4) is 0 Å². The second-order valence-electron chi connectivity index (χ2n) is 12.6. The smallest absolute Gasteiger partial charge is 0.306 e. The lowest BCUT2D eigenvalue weighted by molar-refractivity contribution is -0.150. The number of fused-ring (bicyclic) bond motifs is 2. The first-order valence-corrected chi connectivity index (χ1v) is 16.4. The number of aliphatic hydroxyl groups is 1. The highest BCUT2D eigenvalue weighted by Crippen LogP contribution is 2.56. The molecule has 3 amide bonds. The van der Waals surface area contributed by atoms with E-state index in [1.165, 1.54) is 4.90 Å². The van der Waals surface area contributed by atoms with Gasteiger partial charge in [-0.15, -0.1) is 0 Å².